The van der Waals surface area contributed by atoms with Crippen molar-refractivity contribution in [2.45, 2.75) is 17.7 Å². The number of aliphatic hydroxyl groups excluding tert-OH is 1. The zero-order valence-corrected chi connectivity index (χ0v) is 9.70. The molecule has 1 fully saturated rings. The molecule has 1 rings (SSSR count). The van der Waals surface area contributed by atoms with E-state index in [0.29, 0.717) is 13.2 Å². The molecular formula is C9H16BrNO3. The molecule has 1 unspecified atom stereocenters. The lowest BCUT2D eigenvalue weighted by molar-refractivity contribution is -0.127. The van der Waals surface area contributed by atoms with E-state index in [4.69, 9.17) is 9.84 Å². The lowest BCUT2D eigenvalue weighted by Gasteiger charge is -2.15. The quantitative estimate of drug-likeness (QED) is 0.558. The molecule has 0 spiro atoms. The Morgan fingerprint density at radius 1 is 1.57 bits per heavy atom. The van der Waals surface area contributed by atoms with Gasteiger partial charge in [0.1, 0.15) is 0 Å². The normalized spacial score (nSPS) is 22.0. The van der Waals surface area contributed by atoms with Gasteiger partial charge in [-0.2, -0.15) is 0 Å². The van der Waals surface area contributed by atoms with Gasteiger partial charge >= 0.3 is 0 Å². The molecule has 4 nitrogen and oxygen atoms in total. The summed E-state index contributed by atoms with van der Waals surface area (Å²) >= 11 is 3.32. The maximum atomic E-state index is 11.4. The number of halogens is 1. The van der Waals surface area contributed by atoms with Crippen molar-refractivity contribution in [3.05, 3.63) is 0 Å². The fourth-order valence-electron chi connectivity index (χ4n) is 1.45. The molecule has 5 heteroatoms. The molecule has 0 aliphatic carbocycles. The van der Waals surface area contributed by atoms with Crippen LogP contribution in [-0.2, 0) is 9.53 Å². The van der Waals surface area contributed by atoms with E-state index in [1.807, 2.05) is 4.90 Å². The Balaban J connectivity index is 2.04. The summed E-state index contributed by atoms with van der Waals surface area (Å²) in [5.41, 5.74) is 0. The van der Waals surface area contributed by atoms with Gasteiger partial charge < -0.3 is 14.7 Å². The van der Waals surface area contributed by atoms with Gasteiger partial charge in [0.15, 0.2) is 0 Å². The van der Waals surface area contributed by atoms with Crippen LogP contribution in [0.15, 0.2) is 0 Å². The zero-order valence-electron chi connectivity index (χ0n) is 8.12. The van der Waals surface area contributed by atoms with Crippen LogP contribution >= 0.6 is 15.9 Å². The first-order chi connectivity index (χ1) is 6.75. The number of aliphatic hydroxyl groups is 1. The van der Waals surface area contributed by atoms with E-state index in [9.17, 15) is 4.79 Å². The average Bonchev–Trinajstić information content (AvgIpc) is 2.49. The average molecular weight is 266 g/mol. The maximum Gasteiger partial charge on any atom is 0.236 e. The third kappa shape index (κ3) is 3.55. The summed E-state index contributed by atoms with van der Waals surface area (Å²) in [5.74, 6) is 0.187. The van der Waals surface area contributed by atoms with Crippen LogP contribution in [0.2, 0.25) is 0 Å². The van der Waals surface area contributed by atoms with Crippen molar-refractivity contribution in [1.29, 1.82) is 0 Å². The van der Waals surface area contributed by atoms with Crippen molar-refractivity contribution in [2.75, 3.05) is 32.9 Å². The van der Waals surface area contributed by atoms with Gasteiger partial charge in [0.25, 0.3) is 0 Å². The number of carbonyl (C=O) groups excluding carboxylic acids is 1. The molecule has 1 aliphatic rings. The Kier molecular flexibility index (Phi) is 5.44. The van der Waals surface area contributed by atoms with Crippen molar-refractivity contribution in [3.8, 4) is 0 Å². The Labute approximate surface area is 92.3 Å². The third-order valence-electron chi connectivity index (χ3n) is 2.18. The summed E-state index contributed by atoms with van der Waals surface area (Å²) in [7, 11) is 0. The predicted molar refractivity (Wildman–Crippen MR) is 56.4 cm³/mol. The Morgan fingerprint density at radius 2 is 2.36 bits per heavy atom. The van der Waals surface area contributed by atoms with E-state index in [0.717, 1.165) is 25.9 Å². The van der Waals surface area contributed by atoms with Crippen molar-refractivity contribution >= 4 is 21.8 Å². The second-order valence-electron chi connectivity index (χ2n) is 3.27. The molecule has 14 heavy (non-hydrogen) atoms. The molecule has 1 saturated heterocycles. The highest BCUT2D eigenvalue weighted by Crippen LogP contribution is 2.18. The largest absolute Gasteiger partial charge is 0.394 e. The van der Waals surface area contributed by atoms with E-state index < -0.39 is 0 Å². The molecule has 1 amide bonds. The minimum atomic E-state index is 0.0147. The number of nitrogens with zero attached hydrogens (tertiary/aromatic N) is 1. The number of hydrogen-bond acceptors (Lipinski definition) is 3. The fourth-order valence-corrected chi connectivity index (χ4v) is 1.94. The minimum absolute atomic E-state index is 0.0147. The number of alkyl halides is 1. The van der Waals surface area contributed by atoms with Crippen molar-refractivity contribution < 1.29 is 14.6 Å². The van der Waals surface area contributed by atoms with Crippen LogP contribution in [0.25, 0.3) is 0 Å². The SMILES string of the molecule is O=C1C(Br)CCN1CCCOCCO. The van der Waals surface area contributed by atoms with E-state index in [1.165, 1.54) is 0 Å². The van der Waals surface area contributed by atoms with Gasteiger partial charge in [0, 0.05) is 19.7 Å². The van der Waals surface area contributed by atoms with Gasteiger partial charge in [-0.05, 0) is 12.8 Å². The monoisotopic (exact) mass is 265 g/mol. The smallest absolute Gasteiger partial charge is 0.236 e. The minimum Gasteiger partial charge on any atom is -0.394 e. The molecule has 0 aromatic carbocycles. The van der Waals surface area contributed by atoms with Crippen molar-refractivity contribution in [2.24, 2.45) is 0 Å². The molecule has 0 aromatic heterocycles. The highest BCUT2D eigenvalue weighted by atomic mass is 79.9. The van der Waals surface area contributed by atoms with Crippen LogP contribution in [0.3, 0.4) is 0 Å². The number of hydrogen-bond donors (Lipinski definition) is 1. The predicted octanol–water partition coefficient (Wildman–Crippen LogP) is 0.381. The number of likely N-dealkylation sites (tertiary alicyclic amines) is 1. The first kappa shape index (κ1) is 11.9. The van der Waals surface area contributed by atoms with Crippen LogP contribution in [-0.4, -0.2) is 53.7 Å². The van der Waals surface area contributed by atoms with Crippen LogP contribution in [0.4, 0.5) is 0 Å². The van der Waals surface area contributed by atoms with Gasteiger partial charge in [0.05, 0.1) is 18.0 Å². The molecule has 0 bridgehead atoms. The highest BCUT2D eigenvalue weighted by molar-refractivity contribution is 9.10. The van der Waals surface area contributed by atoms with E-state index >= 15 is 0 Å². The van der Waals surface area contributed by atoms with Crippen molar-refractivity contribution in [3.63, 3.8) is 0 Å². The van der Waals surface area contributed by atoms with Gasteiger partial charge in [-0.1, -0.05) is 15.9 Å². The second-order valence-corrected chi connectivity index (χ2v) is 4.38. The summed E-state index contributed by atoms with van der Waals surface area (Å²) in [6.45, 7) is 2.65. The Bertz CT molecular complexity index is 189. The lowest BCUT2D eigenvalue weighted by atomic mass is 10.4. The van der Waals surface area contributed by atoms with Crippen LogP contribution < -0.4 is 0 Å². The molecular weight excluding hydrogens is 250 g/mol. The topological polar surface area (TPSA) is 49.8 Å². The summed E-state index contributed by atoms with van der Waals surface area (Å²) in [6, 6.07) is 0. The summed E-state index contributed by atoms with van der Waals surface area (Å²) in [5, 5.41) is 8.46. The highest BCUT2D eigenvalue weighted by Gasteiger charge is 2.28. The molecule has 0 aromatic rings. The standard InChI is InChI=1S/C9H16BrNO3/c10-8-2-4-11(9(8)13)3-1-6-14-7-5-12/h8,12H,1-7H2. The van der Waals surface area contributed by atoms with E-state index in [-0.39, 0.29) is 17.3 Å². The number of rotatable bonds is 6. The molecule has 1 aliphatic heterocycles. The number of ether oxygens (including phenoxy) is 1. The molecule has 1 heterocycles. The summed E-state index contributed by atoms with van der Waals surface area (Å²) in [6.07, 6.45) is 1.74. The molecule has 82 valence electrons. The van der Waals surface area contributed by atoms with Gasteiger partial charge in [-0.15, -0.1) is 0 Å². The summed E-state index contributed by atoms with van der Waals surface area (Å²) in [4.78, 5) is 13.3. The number of amides is 1. The van der Waals surface area contributed by atoms with E-state index in [1.54, 1.807) is 0 Å². The summed E-state index contributed by atoms with van der Waals surface area (Å²) < 4.78 is 5.11. The van der Waals surface area contributed by atoms with Gasteiger partial charge in [0.2, 0.25) is 5.91 Å². The first-order valence-corrected chi connectivity index (χ1v) is 5.78. The fraction of sp³-hybridized carbons (Fsp3) is 0.889. The maximum absolute atomic E-state index is 11.4. The van der Waals surface area contributed by atoms with Crippen LogP contribution in [0.1, 0.15) is 12.8 Å². The molecule has 0 radical (unpaired) electrons. The number of carbonyl (C=O) groups is 1. The van der Waals surface area contributed by atoms with Crippen LogP contribution in [0, 0.1) is 0 Å². The first-order valence-electron chi connectivity index (χ1n) is 4.87. The third-order valence-corrected chi connectivity index (χ3v) is 3.03. The van der Waals surface area contributed by atoms with Gasteiger partial charge in [-0.3, -0.25) is 4.79 Å². The van der Waals surface area contributed by atoms with Gasteiger partial charge in [-0.25, -0.2) is 0 Å². The Hall–Kier alpha value is -0.130. The molecule has 1 atom stereocenters. The molecule has 0 saturated carbocycles. The van der Waals surface area contributed by atoms with Crippen LogP contribution in [0.5, 0.6) is 0 Å². The van der Waals surface area contributed by atoms with E-state index in [2.05, 4.69) is 15.9 Å². The second kappa shape index (κ2) is 6.37. The Morgan fingerprint density at radius 3 is 2.93 bits per heavy atom. The van der Waals surface area contributed by atoms with Crippen molar-refractivity contribution in [1.82, 2.24) is 4.90 Å². The zero-order chi connectivity index (χ0) is 10.4. The lowest BCUT2D eigenvalue weighted by Crippen LogP contribution is -2.29. The molecule has 1 N–H and O–H groups in total.